The molecule has 176 valence electrons. The van der Waals surface area contributed by atoms with Crippen molar-refractivity contribution in [2.24, 2.45) is 0 Å². The Morgan fingerprint density at radius 2 is 1.88 bits per heavy atom. The van der Waals surface area contributed by atoms with Crippen LogP contribution in [0.25, 0.3) is 0 Å². The molecule has 0 unspecified atom stereocenters. The van der Waals surface area contributed by atoms with Crippen LogP contribution >= 0.6 is 34.9 Å². The van der Waals surface area contributed by atoms with Crippen molar-refractivity contribution in [1.82, 2.24) is 18.8 Å². The minimum Gasteiger partial charge on any atom is -0.335 e. The molecule has 1 fully saturated rings. The van der Waals surface area contributed by atoms with E-state index in [4.69, 9.17) is 11.6 Å². The molecule has 4 rings (SSSR count). The number of carbonyl (C=O) groups is 1. The molecule has 0 bridgehead atoms. The topological polar surface area (TPSA) is 107 Å². The molecule has 0 N–H and O–H groups in total. The fraction of sp³-hybridized carbons (Fsp3) is 0.273. The fourth-order valence-electron chi connectivity index (χ4n) is 3.59. The summed E-state index contributed by atoms with van der Waals surface area (Å²) in [4.78, 5) is 16.2. The van der Waals surface area contributed by atoms with Crippen LogP contribution in [-0.4, -0.2) is 59.3 Å². The van der Waals surface area contributed by atoms with Gasteiger partial charge in [-0.3, -0.25) is 4.79 Å². The van der Waals surface area contributed by atoms with Crippen LogP contribution in [0.1, 0.15) is 26.5 Å². The summed E-state index contributed by atoms with van der Waals surface area (Å²) < 4.78 is 32.4. The Hall–Kier alpha value is -2.49. The first-order chi connectivity index (χ1) is 16.2. The number of benzene rings is 2. The Kier molecular flexibility index (Phi) is 7.25. The van der Waals surface area contributed by atoms with Gasteiger partial charge in [-0.2, -0.15) is 9.57 Å². The first kappa shape index (κ1) is 24.6. The van der Waals surface area contributed by atoms with Gasteiger partial charge in [-0.25, -0.2) is 8.42 Å². The number of aromatic nitrogens is 2. The number of halogens is 1. The molecule has 1 aliphatic heterocycles. The molecule has 0 atom stereocenters. The molecule has 0 spiro atoms. The van der Waals surface area contributed by atoms with Crippen LogP contribution in [0.3, 0.4) is 0 Å². The van der Waals surface area contributed by atoms with Crippen molar-refractivity contribution < 1.29 is 13.2 Å². The van der Waals surface area contributed by atoms with E-state index >= 15 is 0 Å². The van der Waals surface area contributed by atoms with E-state index in [0.717, 1.165) is 22.0 Å². The van der Waals surface area contributed by atoms with Gasteiger partial charge >= 0.3 is 0 Å². The molecule has 2 heterocycles. The first-order valence-corrected chi connectivity index (χ1v) is 13.7. The van der Waals surface area contributed by atoms with Gasteiger partial charge < -0.3 is 4.90 Å². The van der Waals surface area contributed by atoms with Crippen LogP contribution < -0.4 is 0 Å². The lowest BCUT2D eigenvalue weighted by atomic mass is 10.2. The molecule has 0 saturated carbocycles. The number of piperazine rings is 1. The molecular weight excluding hydrogens is 514 g/mol. The molecule has 1 aliphatic rings. The highest BCUT2D eigenvalue weighted by molar-refractivity contribution is 8.00. The first-order valence-electron chi connectivity index (χ1n) is 10.3. The summed E-state index contributed by atoms with van der Waals surface area (Å²) >= 11 is 8.50. The normalized spacial score (nSPS) is 14.7. The van der Waals surface area contributed by atoms with E-state index in [1.54, 1.807) is 30.0 Å². The van der Waals surface area contributed by atoms with Gasteiger partial charge in [-0.1, -0.05) is 27.9 Å². The largest absolute Gasteiger partial charge is 0.335 e. The zero-order valence-electron chi connectivity index (χ0n) is 18.4. The second-order valence-electron chi connectivity index (χ2n) is 7.72. The van der Waals surface area contributed by atoms with E-state index < -0.39 is 10.0 Å². The SMILES string of the molecule is Cc1cc(Cl)cc(Sc2ccc(C#N)cc2S(=O)(=O)N2CCN(C(=O)c3snnc3C)CC2)c1. The van der Waals surface area contributed by atoms with E-state index in [9.17, 15) is 18.5 Å². The average molecular weight is 534 g/mol. The van der Waals surface area contributed by atoms with Gasteiger partial charge in [-0.15, -0.1) is 5.10 Å². The van der Waals surface area contributed by atoms with Crippen molar-refractivity contribution in [3.63, 3.8) is 0 Å². The summed E-state index contributed by atoms with van der Waals surface area (Å²) in [6.45, 7) is 4.44. The smallest absolute Gasteiger partial charge is 0.267 e. The fourth-order valence-corrected chi connectivity index (χ4v) is 7.52. The Labute approximate surface area is 211 Å². The number of rotatable bonds is 5. The average Bonchev–Trinajstić information content (AvgIpc) is 3.24. The minimum atomic E-state index is -3.91. The van der Waals surface area contributed by atoms with E-state index in [0.29, 0.717) is 20.5 Å². The quantitative estimate of drug-likeness (QED) is 0.488. The number of hydrogen-bond acceptors (Lipinski definition) is 8. The number of aryl methyl sites for hydroxylation is 2. The number of sulfonamides is 1. The van der Waals surface area contributed by atoms with Gasteiger partial charge in [0.05, 0.1) is 22.2 Å². The number of amides is 1. The number of nitriles is 1. The standard InChI is InChI=1S/C22H20ClN5O3S3/c1-14-9-17(23)12-18(10-14)32-19-4-3-16(13-24)11-20(19)34(30,31)28-7-5-27(6-8-28)22(29)21-15(2)25-26-33-21/h3-4,9-12H,5-8H2,1-2H3. The molecule has 1 amide bonds. The second-order valence-corrected chi connectivity index (χ2v) is 11.9. The molecule has 0 radical (unpaired) electrons. The summed E-state index contributed by atoms with van der Waals surface area (Å²) in [6.07, 6.45) is 0. The molecule has 34 heavy (non-hydrogen) atoms. The van der Waals surface area contributed by atoms with Crippen molar-refractivity contribution in [2.75, 3.05) is 26.2 Å². The third kappa shape index (κ3) is 5.11. The highest BCUT2D eigenvalue weighted by Crippen LogP contribution is 2.36. The molecule has 2 aromatic carbocycles. The van der Waals surface area contributed by atoms with Gasteiger partial charge in [-0.05, 0) is 67.3 Å². The van der Waals surface area contributed by atoms with E-state index in [-0.39, 0.29) is 42.5 Å². The molecular formula is C22H20ClN5O3S3. The van der Waals surface area contributed by atoms with Gasteiger partial charge in [0, 0.05) is 41.0 Å². The highest BCUT2D eigenvalue weighted by Gasteiger charge is 2.33. The third-order valence-electron chi connectivity index (χ3n) is 5.31. The van der Waals surface area contributed by atoms with Crippen LogP contribution in [0.2, 0.25) is 5.02 Å². The van der Waals surface area contributed by atoms with Crippen molar-refractivity contribution in [3.8, 4) is 6.07 Å². The second kappa shape index (κ2) is 10.0. The molecule has 1 aromatic heterocycles. The predicted molar refractivity (Wildman–Crippen MR) is 131 cm³/mol. The van der Waals surface area contributed by atoms with E-state index in [1.807, 2.05) is 25.1 Å². The summed E-state index contributed by atoms with van der Waals surface area (Å²) in [5, 5.41) is 13.8. The Bertz CT molecular complexity index is 1370. The monoisotopic (exact) mass is 533 g/mol. The zero-order chi connectivity index (χ0) is 24.5. The van der Waals surface area contributed by atoms with E-state index in [2.05, 4.69) is 9.59 Å². The third-order valence-corrected chi connectivity index (χ3v) is 9.45. The molecule has 0 aliphatic carbocycles. The van der Waals surface area contributed by atoms with Gasteiger partial charge in [0.15, 0.2) is 0 Å². The van der Waals surface area contributed by atoms with Crippen molar-refractivity contribution in [1.29, 1.82) is 5.26 Å². The summed E-state index contributed by atoms with van der Waals surface area (Å²) in [7, 11) is -3.91. The summed E-state index contributed by atoms with van der Waals surface area (Å²) in [5.41, 5.74) is 1.78. The predicted octanol–water partition coefficient (Wildman–Crippen LogP) is 3.98. The molecule has 1 saturated heterocycles. The van der Waals surface area contributed by atoms with E-state index in [1.165, 1.54) is 22.1 Å². The zero-order valence-corrected chi connectivity index (χ0v) is 21.6. The molecule has 3 aromatic rings. The number of nitrogens with zero attached hydrogens (tertiary/aromatic N) is 5. The van der Waals surface area contributed by atoms with Crippen LogP contribution in [0.4, 0.5) is 0 Å². The lowest BCUT2D eigenvalue weighted by molar-refractivity contribution is 0.0701. The maximum atomic E-state index is 13.6. The maximum absolute atomic E-state index is 13.6. The van der Waals surface area contributed by atoms with Crippen molar-refractivity contribution in [3.05, 3.63) is 63.1 Å². The van der Waals surface area contributed by atoms with Crippen LogP contribution in [0.5, 0.6) is 0 Å². The Morgan fingerprint density at radius 1 is 1.15 bits per heavy atom. The van der Waals surface area contributed by atoms with Crippen LogP contribution in [0.15, 0.2) is 51.1 Å². The Balaban J connectivity index is 1.59. The van der Waals surface area contributed by atoms with Crippen molar-refractivity contribution in [2.45, 2.75) is 28.5 Å². The van der Waals surface area contributed by atoms with Gasteiger partial charge in [0.1, 0.15) is 4.88 Å². The molecule has 8 nitrogen and oxygen atoms in total. The number of carbonyl (C=O) groups excluding carboxylic acids is 1. The lowest BCUT2D eigenvalue weighted by Crippen LogP contribution is -2.50. The molecule has 12 heteroatoms. The lowest BCUT2D eigenvalue weighted by Gasteiger charge is -2.34. The highest BCUT2D eigenvalue weighted by atomic mass is 35.5. The van der Waals surface area contributed by atoms with Gasteiger partial charge in [0.2, 0.25) is 10.0 Å². The summed E-state index contributed by atoms with van der Waals surface area (Å²) in [5.74, 6) is -0.191. The number of hydrogen-bond donors (Lipinski definition) is 0. The van der Waals surface area contributed by atoms with Crippen molar-refractivity contribution >= 4 is 50.8 Å². The maximum Gasteiger partial charge on any atom is 0.267 e. The minimum absolute atomic E-state index is 0.0662. The van der Waals surface area contributed by atoms with Crippen LogP contribution in [-0.2, 0) is 10.0 Å². The van der Waals surface area contributed by atoms with Crippen LogP contribution in [0, 0.1) is 25.2 Å². The van der Waals surface area contributed by atoms with Gasteiger partial charge in [0.25, 0.3) is 5.91 Å². The Morgan fingerprint density at radius 3 is 2.50 bits per heavy atom. The summed E-state index contributed by atoms with van der Waals surface area (Å²) in [6, 6.07) is 12.2.